The van der Waals surface area contributed by atoms with E-state index in [0.717, 1.165) is 11.3 Å². The SMILES string of the molecule is COC(=O)c1cnc(-c2ccc(OC)cc2)nc1N. The number of hydrogen-bond donors (Lipinski definition) is 1. The van der Waals surface area contributed by atoms with Gasteiger partial charge in [0.2, 0.25) is 0 Å². The molecule has 0 saturated heterocycles. The highest BCUT2D eigenvalue weighted by molar-refractivity contribution is 5.93. The van der Waals surface area contributed by atoms with Crippen LogP contribution in [0.3, 0.4) is 0 Å². The fourth-order valence-electron chi connectivity index (χ4n) is 1.54. The van der Waals surface area contributed by atoms with Crippen molar-refractivity contribution in [1.82, 2.24) is 9.97 Å². The highest BCUT2D eigenvalue weighted by Crippen LogP contribution is 2.20. The number of aromatic nitrogens is 2. The van der Waals surface area contributed by atoms with Crippen molar-refractivity contribution in [3.05, 3.63) is 36.0 Å². The Kier molecular flexibility index (Phi) is 3.61. The Hall–Kier alpha value is -2.63. The molecule has 0 radical (unpaired) electrons. The first-order chi connectivity index (χ1) is 9.15. The minimum atomic E-state index is -0.557. The van der Waals surface area contributed by atoms with Crippen molar-refractivity contribution in [3.63, 3.8) is 0 Å². The number of anilines is 1. The van der Waals surface area contributed by atoms with Gasteiger partial charge >= 0.3 is 5.97 Å². The Morgan fingerprint density at radius 1 is 1.21 bits per heavy atom. The van der Waals surface area contributed by atoms with E-state index in [0.29, 0.717) is 5.82 Å². The fraction of sp³-hybridized carbons (Fsp3) is 0.154. The summed E-state index contributed by atoms with van der Waals surface area (Å²) < 4.78 is 9.64. The van der Waals surface area contributed by atoms with Gasteiger partial charge in [-0.1, -0.05) is 0 Å². The monoisotopic (exact) mass is 259 g/mol. The van der Waals surface area contributed by atoms with Gasteiger partial charge in [-0.25, -0.2) is 14.8 Å². The molecule has 0 saturated carbocycles. The Balaban J connectivity index is 2.35. The maximum absolute atomic E-state index is 11.4. The lowest BCUT2D eigenvalue weighted by atomic mass is 10.2. The van der Waals surface area contributed by atoms with E-state index in [2.05, 4.69) is 14.7 Å². The molecule has 98 valence electrons. The number of carbonyl (C=O) groups is 1. The molecular formula is C13H13N3O3. The van der Waals surface area contributed by atoms with E-state index in [1.807, 2.05) is 12.1 Å². The molecule has 2 rings (SSSR count). The summed E-state index contributed by atoms with van der Waals surface area (Å²) in [5.74, 6) is 0.710. The standard InChI is InChI=1S/C13H13N3O3/c1-18-9-5-3-8(4-6-9)12-15-7-10(11(14)16-12)13(17)19-2/h3-7H,1-2H3,(H2,14,15,16). The first kappa shape index (κ1) is 12.8. The second-order valence-electron chi connectivity index (χ2n) is 3.71. The molecule has 0 aliphatic heterocycles. The molecule has 0 unspecified atom stereocenters. The van der Waals surface area contributed by atoms with E-state index < -0.39 is 5.97 Å². The zero-order valence-electron chi connectivity index (χ0n) is 10.6. The van der Waals surface area contributed by atoms with Crippen LogP contribution in [0.2, 0.25) is 0 Å². The third-order valence-corrected chi connectivity index (χ3v) is 2.57. The highest BCUT2D eigenvalue weighted by Gasteiger charge is 2.13. The molecule has 6 nitrogen and oxygen atoms in total. The molecule has 0 amide bonds. The van der Waals surface area contributed by atoms with Crippen molar-refractivity contribution >= 4 is 11.8 Å². The fourth-order valence-corrected chi connectivity index (χ4v) is 1.54. The van der Waals surface area contributed by atoms with Gasteiger partial charge in [0, 0.05) is 11.8 Å². The van der Waals surface area contributed by atoms with E-state index in [9.17, 15) is 4.79 Å². The van der Waals surface area contributed by atoms with Crippen molar-refractivity contribution in [1.29, 1.82) is 0 Å². The Morgan fingerprint density at radius 2 is 1.89 bits per heavy atom. The van der Waals surface area contributed by atoms with Crippen LogP contribution in [-0.2, 0) is 4.74 Å². The van der Waals surface area contributed by atoms with Crippen LogP contribution in [0, 0.1) is 0 Å². The molecule has 0 aliphatic carbocycles. The second kappa shape index (κ2) is 5.34. The zero-order chi connectivity index (χ0) is 13.8. The van der Waals surface area contributed by atoms with Gasteiger partial charge in [0.15, 0.2) is 5.82 Å². The lowest BCUT2D eigenvalue weighted by molar-refractivity contribution is 0.0601. The molecule has 0 spiro atoms. The average Bonchev–Trinajstić information content (AvgIpc) is 2.46. The van der Waals surface area contributed by atoms with Crippen molar-refractivity contribution in [2.24, 2.45) is 0 Å². The van der Waals surface area contributed by atoms with Crippen LogP contribution in [0.1, 0.15) is 10.4 Å². The smallest absolute Gasteiger partial charge is 0.343 e. The third kappa shape index (κ3) is 2.62. The summed E-state index contributed by atoms with van der Waals surface area (Å²) in [7, 11) is 2.87. The number of ether oxygens (including phenoxy) is 2. The van der Waals surface area contributed by atoms with Gasteiger partial charge < -0.3 is 15.2 Å². The van der Waals surface area contributed by atoms with Gasteiger partial charge in [0.25, 0.3) is 0 Å². The summed E-state index contributed by atoms with van der Waals surface area (Å²) in [6.07, 6.45) is 1.35. The first-order valence-electron chi connectivity index (χ1n) is 5.51. The van der Waals surface area contributed by atoms with E-state index in [-0.39, 0.29) is 11.4 Å². The number of hydrogen-bond acceptors (Lipinski definition) is 6. The molecule has 1 aromatic heterocycles. The normalized spacial score (nSPS) is 10.0. The number of nitrogen functional groups attached to an aromatic ring is 1. The maximum atomic E-state index is 11.4. The summed E-state index contributed by atoms with van der Waals surface area (Å²) in [6.45, 7) is 0. The largest absolute Gasteiger partial charge is 0.497 e. The minimum absolute atomic E-state index is 0.0904. The molecule has 6 heteroatoms. The lowest BCUT2D eigenvalue weighted by Gasteiger charge is -2.06. The van der Waals surface area contributed by atoms with Crippen LogP contribution in [0.25, 0.3) is 11.4 Å². The number of nitrogens with zero attached hydrogens (tertiary/aromatic N) is 2. The second-order valence-corrected chi connectivity index (χ2v) is 3.71. The molecular weight excluding hydrogens is 246 g/mol. The average molecular weight is 259 g/mol. The summed E-state index contributed by atoms with van der Waals surface area (Å²) in [4.78, 5) is 19.6. The molecule has 0 aliphatic rings. The highest BCUT2D eigenvalue weighted by atomic mass is 16.5. The van der Waals surface area contributed by atoms with Crippen LogP contribution < -0.4 is 10.5 Å². The molecule has 1 aromatic carbocycles. The lowest BCUT2D eigenvalue weighted by Crippen LogP contribution is -2.09. The first-order valence-corrected chi connectivity index (χ1v) is 5.51. The van der Waals surface area contributed by atoms with Crippen LogP contribution in [-0.4, -0.2) is 30.2 Å². The van der Waals surface area contributed by atoms with Crippen molar-refractivity contribution < 1.29 is 14.3 Å². The topological polar surface area (TPSA) is 87.3 Å². The summed E-state index contributed by atoms with van der Waals surface area (Å²) in [6, 6.07) is 7.21. The van der Waals surface area contributed by atoms with Crippen molar-refractivity contribution in [3.8, 4) is 17.1 Å². The summed E-state index contributed by atoms with van der Waals surface area (Å²) in [5, 5.41) is 0. The van der Waals surface area contributed by atoms with E-state index >= 15 is 0 Å². The van der Waals surface area contributed by atoms with E-state index in [1.54, 1.807) is 19.2 Å². The van der Waals surface area contributed by atoms with Crippen LogP contribution in [0.5, 0.6) is 5.75 Å². The molecule has 0 bridgehead atoms. The Morgan fingerprint density at radius 3 is 2.42 bits per heavy atom. The maximum Gasteiger partial charge on any atom is 0.343 e. The number of nitrogens with two attached hydrogens (primary N) is 1. The number of benzene rings is 1. The predicted octanol–water partition coefficient (Wildman–Crippen LogP) is 1.52. The van der Waals surface area contributed by atoms with Gasteiger partial charge in [0.05, 0.1) is 14.2 Å². The molecule has 19 heavy (non-hydrogen) atoms. The van der Waals surface area contributed by atoms with E-state index in [4.69, 9.17) is 10.5 Å². The van der Waals surface area contributed by atoms with Gasteiger partial charge in [-0.05, 0) is 24.3 Å². The molecule has 2 aromatic rings. The summed E-state index contributed by atoms with van der Waals surface area (Å²) >= 11 is 0. The molecule has 1 heterocycles. The van der Waals surface area contributed by atoms with Gasteiger partial charge in [-0.3, -0.25) is 0 Å². The molecule has 2 N–H and O–H groups in total. The quantitative estimate of drug-likeness (QED) is 0.841. The van der Waals surface area contributed by atoms with Crippen molar-refractivity contribution in [2.75, 3.05) is 20.0 Å². The van der Waals surface area contributed by atoms with Crippen LogP contribution in [0.4, 0.5) is 5.82 Å². The van der Waals surface area contributed by atoms with Gasteiger partial charge in [-0.2, -0.15) is 0 Å². The van der Waals surface area contributed by atoms with Crippen molar-refractivity contribution in [2.45, 2.75) is 0 Å². The number of esters is 1. The minimum Gasteiger partial charge on any atom is -0.497 e. The van der Waals surface area contributed by atoms with Crippen LogP contribution in [0.15, 0.2) is 30.5 Å². The third-order valence-electron chi connectivity index (χ3n) is 2.57. The molecule has 0 fully saturated rings. The van der Waals surface area contributed by atoms with Gasteiger partial charge in [0.1, 0.15) is 17.1 Å². The van der Waals surface area contributed by atoms with Gasteiger partial charge in [-0.15, -0.1) is 0 Å². The number of rotatable bonds is 3. The van der Waals surface area contributed by atoms with E-state index in [1.165, 1.54) is 13.3 Å². The summed E-state index contributed by atoms with van der Waals surface area (Å²) in [5.41, 5.74) is 6.65. The number of methoxy groups -OCH3 is 2. The predicted molar refractivity (Wildman–Crippen MR) is 69.8 cm³/mol. The Labute approximate surface area is 110 Å². The zero-order valence-corrected chi connectivity index (χ0v) is 10.6. The number of carbonyl (C=O) groups excluding carboxylic acids is 1. The van der Waals surface area contributed by atoms with Crippen LogP contribution >= 0.6 is 0 Å². The molecule has 0 atom stereocenters. The Bertz CT molecular complexity index is 597.